The topological polar surface area (TPSA) is 87.3 Å². The number of aromatic nitrogens is 2. The van der Waals surface area contributed by atoms with Crippen LogP contribution in [0.25, 0.3) is 0 Å². The van der Waals surface area contributed by atoms with Gasteiger partial charge in [-0.05, 0) is 0 Å². The van der Waals surface area contributed by atoms with Crippen LogP contribution < -0.4 is 15.9 Å². The molecule has 0 saturated heterocycles. The Labute approximate surface area is 91.2 Å². The van der Waals surface area contributed by atoms with Gasteiger partial charge in [-0.1, -0.05) is 0 Å². The Hall–Kier alpha value is -2.26. The van der Waals surface area contributed by atoms with Crippen LogP contribution in [0.2, 0.25) is 0 Å². The van der Waals surface area contributed by atoms with Crippen LogP contribution in [0.1, 0.15) is 0 Å². The summed E-state index contributed by atoms with van der Waals surface area (Å²) in [5.41, 5.74) is -0.986. The molecule has 0 bridgehead atoms. The molecule has 0 fully saturated rings. The Morgan fingerprint density at radius 2 is 2.24 bits per heavy atom. The highest BCUT2D eigenvalue weighted by molar-refractivity contribution is 5.78. The molecule has 0 spiro atoms. The van der Waals surface area contributed by atoms with Gasteiger partial charge in [-0.2, -0.15) is 18.2 Å². The van der Waals surface area contributed by atoms with Gasteiger partial charge in [0.25, 0.3) is 5.56 Å². The summed E-state index contributed by atoms with van der Waals surface area (Å²) in [7, 11) is 0. The summed E-state index contributed by atoms with van der Waals surface area (Å²) in [6.45, 7) is -0.281. The van der Waals surface area contributed by atoms with E-state index in [-0.39, 0.29) is 18.2 Å². The van der Waals surface area contributed by atoms with Crippen molar-refractivity contribution in [1.82, 2.24) is 9.97 Å². The summed E-state index contributed by atoms with van der Waals surface area (Å²) in [5, 5.41) is 3.00. The third-order valence-electron chi connectivity index (χ3n) is 1.89. The molecule has 0 amide bonds. The van der Waals surface area contributed by atoms with Crippen molar-refractivity contribution in [3.63, 3.8) is 0 Å². The quantitative estimate of drug-likeness (QED) is 0.728. The molecule has 1 aliphatic heterocycles. The predicted molar refractivity (Wildman–Crippen MR) is 48.0 cm³/mol. The average molecular weight is 250 g/mol. The fourth-order valence-corrected chi connectivity index (χ4v) is 1.21. The molecule has 92 valence electrons. The van der Waals surface area contributed by atoms with E-state index in [1.54, 1.807) is 0 Å². The minimum Gasteiger partial charge on any atom is -0.348 e. The fourth-order valence-electron chi connectivity index (χ4n) is 1.21. The first-order valence-electron chi connectivity index (χ1n) is 4.28. The SMILES string of the molecule is O=C(ON1CNc2nc[nH]c(=O)c21)C(F)(F)F. The molecule has 0 aliphatic carbocycles. The first-order chi connectivity index (χ1) is 7.89. The third kappa shape index (κ3) is 2.00. The Balaban J connectivity index is 2.24. The van der Waals surface area contributed by atoms with Crippen LogP contribution in [0.4, 0.5) is 24.7 Å². The van der Waals surface area contributed by atoms with E-state index in [0.29, 0.717) is 5.06 Å². The van der Waals surface area contributed by atoms with Gasteiger partial charge in [-0.15, -0.1) is 0 Å². The summed E-state index contributed by atoms with van der Waals surface area (Å²) < 4.78 is 35.9. The Morgan fingerprint density at radius 3 is 2.88 bits per heavy atom. The average Bonchev–Trinajstić information content (AvgIpc) is 2.61. The molecule has 2 rings (SSSR count). The normalized spacial score (nSPS) is 14.2. The number of hydrogen-bond donors (Lipinski definition) is 2. The maximum atomic E-state index is 12.0. The van der Waals surface area contributed by atoms with Crippen molar-refractivity contribution >= 4 is 17.5 Å². The number of aromatic amines is 1. The number of anilines is 2. The van der Waals surface area contributed by atoms with Gasteiger partial charge in [0.05, 0.1) is 6.33 Å². The number of nitrogens with zero attached hydrogens (tertiary/aromatic N) is 2. The number of H-pyrrole nitrogens is 1. The number of hydroxylamine groups is 1. The van der Waals surface area contributed by atoms with Gasteiger partial charge in [0.1, 0.15) is 6.67 Å². The smallest absolute Gasteiger partial charge is 0.348 e. The lowest BCUT2D eigenvalue weighted by Gasteiger charge is -2.16. The maximum absolute atomic E-state index is 12.0. The van der Waals surface area contributed by atoms with Crippen molar-refractivity contribution in [2.24, 2.45) is 0 Å². The highest BCUT2D eigenvalue weighted by atomic mass is 19.4. The summed E-state index contributed by atoms with van der Waals surface area (Å²) in [5.74, 6) is -2.36. The predicted octanol–water partition coefficient (Wildman–Crippen LogP) is -0.0202. The van der Waals surface area contributed by atoms with Crippen LogP contribution in [0.5, 0.6) is 0 Å². The Bertz CT molecular complexity index is 512. The molecule has 0 radical (unpaired) electrons. The summed E-state index contributed by atoms with van der Waals surface area (Å²) in [6, 6.07) is 0. The van der Waals surface area contributed by atoms with E-state index >= 15 is 0 Å². The molecule has 0 atom stereocenters. The van der Waals surface area contributed by atoms with E-state index in [1.807, 2.05) is 0 Å². The summed E-state index contributed by atoms with van der Waals surface area (Å²) >= 11 is 0. The monoisotopic (exact) mass is 250 g/mol. The van der Waals surface area contributed by atoms with Gasteiger partial charge in [0.2, 0.25) is 0 Å². The van der Waals surface area contributed by atoms with E-state index < -0.39 is 17.7 Å². The van der Waals surface area contributed by atoms with Crippen LogP contribution in [-0.2, 0) is 9.63 Å². The molecule has 0 saturated carbocycles. The summed E-state index contributed by atoms with van der Waals surface area (Å²) in [6.07, 6.45) is -4.05. The first-order valence-corrected chi connectivity index (χ1v) is 4.28. The molecule has 1 aromatic rings. The number of carbonyl (C=O) groups excluding carboxylic acids is 1. The molecule has 2 N–H and O–H groups in total. The number of carbonyl (C=O) groups is 1. The van der Waals surface area contributed by atoms with E-state index in [1.165, 1.54) is 0 Å². The standard InChI is InChI=1S/C7H5F3N4O3/c8-7(9,10)6(16)17-14-2-13-4-3(14)5(15)12-1-11-4/h1H,2H2,(H2,11,12,13,15). The van der Waals surface area contributed by atoms with Gasteiger partial charge in [0.15, 0.2) is 11.5 Å². The van der Waals surface area contributed by atoms with Gasteiger partial charge in [-0.25, -0.2) is 9.78 Å². The Kier molecular flexibility index (Phi) is 2.41. The zero-order valence-electron chi connectivity index (χ0n) is 8.04. The zero-order valence-corrected chi connectivity index (χ0v) is 8.04. The lowest BCUT2D eigenvalue weighted by atomic mass is 10.5. The maximum Gasteiger partial charge on any atom is 0.493 e. The van der Waals surface area contributed by atoms with E-state index in [9.17, 15) is 22.8 Å². The second-order valence-corrected chi connectivity index (χ2v) is 3.02. The van der Waals surface area contributed by atoms with Crippen molar-refractivity contribution in [2.75, 3.05) is 17.0 Å². The van der Waals surface area contributed by atoms with Crippen molar-refractivity contribution in [3.05, 3.63) is 16.7 Å². The third-order valence-corrected chi connectivity index (χ3v) is 1.89. The van der Waals surface area contributed by atoms with Gasteiger partial charge < -0.3 is 15.1 Å². The molecular formula is C7H5F3N4O3. The molecule has 10 heteroatoms. The van der Waals surface area contributed by atoms with E-state index in [0.717, 1.165) is 6.33 Å². The number of alkyl halides is 3. The lowest BCUT2D eigenvalue weighted by molar-refractivity contribution is -0.200. The molecule has 7 nitrogen and oxygen atoms in total. The number of rotatable bonds is 1. The fraction of sp³-hybridized carbons (Fsp3) is 0.286. The number of hydrogen-bond acceptors (Lipinski definition) is 6. The number of nitrogens with one attached hydrogen (secondary N) is 2. The zero-order chi connectivity index (χ0) is 12.6. The first kappa shape index (κ1) is 11.2. The highest BCUT2D eigenvalue weighted by Gasteiger charge is 2.44. The second-order valence-electron chi connectivity index (χ2n) is 3.02. The molecule has 17 heavy (non-hydrogen) atoms. The summed E-state index contributed by atoms with van der Waals surface area (Å²) in [4.78, 5) is 31.7. The van der Waals surface area contributed by atoms with E-state index in [2.05, 4.69) is 20.1 Å². The van der Waals surface area contributed by atoms with Crippen LogP contribution >= 0.6 is 0 Å². The van der Waals surface area contributed by atoms with Gasteiger partial charge in [-0.3, -0.25) is 4.79 Å². The number of fused-ring (bicyclic) bond motifs is 1. The van der Waals surface area contributed by atoms with Crippen molar-refractivity contribution in [1.29, 1.82) is 0 Å². The number of halogens is 3. The lowest BCUT2D eigenvalue weighted by Crippen LogP contribution is -2.36. The van der Waals surface area contributed by atoms with Crippen molar-refractivity contribution in [3.8, 4) is 0 Å². The highest BCUT2D eigenvalue weighted by Crippen LogP contribution is 2.26. The molecule has 1 aromatic heterocycles. The molecule has 0 unspecified atom stereocenters. The molecule has 2 heterocycles. The Morgan fingerprint density at radius 1 is 1.53 bits per heavy atom. The largest absolute Gasteiger partial charge is 0.493 e. The minimum atomic E-state index is -5.13. The van der Waals surface area contributed by atoms with E-state index in [4.69, 9.17) is 0 Å². The van der Waals surface area contributed by atoms with Crippen LogP contribution in [-0.4, -0.2) is 28.8 Å². The van der Waals surface area contributed by atoms with Gasteiger partial charge in [0, 0.05) is 0 Å². The molecular weight excluding hydrogens is 245 g/mol. The molecule has 1 aliphatic rings. The molecule has 0 aromatic carbocycles. The van der Waals surface area contributed by atoms with Crippen LogP contribution in [0, 0.1) is 0 Å². The van der Waals surface area contributed by atoms with Crippen LogP contribution in [0.3, 0.4) is 0 Å². The minimum absolute atomic E-state index is 0.0451. The second kappa shape index (κ2) is 3.64. The van der Waals surface area contributed by atoms with Gasteiger partial charge >= 0.3 is 12.1 Å². The van der Waals surface area contributed by atoms with Crippen molar-refractivity contribution < 1.29 is 22.8 Å². The van der Waals surface area contributed by atoms with Crippen LogP contribution in [0.15, 0.2) is 11.1 Å². The van der Waals surface area contributed by atoms with Crippen molar-refractivity contribution in [2.45, 2.75) is 6.18 Å².